The van der Waals surface area contributed by atoms with Crippen LogP contribution in [0.3, 0.4) is 0 Å². The van der Waals surface area contributed by atoms with Gasteiger partial charge in [-0.2, -0.15) is 10.5 Å². The largest absolute Gasteiger partial charge is 0.360 e. The second-order valence-corrected chi connectivity index (χ2v) is 10.6. The number of nitrogens with zero attached hydrogens (tertiary/aromatic N) is 4. The zero-order valence-electron chi connectivity index (χ0n) is 22.7. The van der Waals surface area contributed by atoms with Gasteiger partial charge in [0.05, 0.1) is 12.6 Å². The average molecular weight is 570 g/mol. The van der Waals surface area contributed by atoms with Crippen LogP contribution in [0.5, 0.6) is 0 Å². The average Bonchev–Trinajstić information content (AvgIpc) is 3.30. The van der Waals surface area contributed by atoms with Crippen molar-refractivity contribution in [2.24, 2.45) is 0 Å². The minimum absolute atomic E-state index is 0.0905. The van der Waals surface area contributed by atoms with E-state index in [0.717, 1.165) is 37.3 Å². The Hall–Kier alpha value is -4.71. The van der Waals surface area contributed by atoms with Crippen molar-refractivity contribution in [3.8, 4) is 12.1 Å². The number of hydrogen-bond acceptors (Lipinski definition) is 8. The Balaban J connectivity index is 1.41. The topological polar surface area (TPSA) is 143 Å². The van der Waals surface area contributed by atoms with Gasteiger partial charge in [-0.25, -0.2) is 0 Å². The molecule has 4 rings (SSSR count). The van der Waals surface area contributed by atoms with Crippen molar-refractivity contribution in [1.82, 2.24) is 14.8 Å². The van der Waals surface area contributed by atoms with E-state index >= 15 is 0 Å². The molecule has 0 radical (unpaired) electrons. The maximum Gasteiger partial charge on any atom is 0.270 e. The van der Waals surface area contributed by atoms with Crippen LogP contribution >= 0.6 is 11.3 Å². The number of thiazole rings is 1. The zero-order valence-corrected chi connectivity index (χ0v) is 23.5. The molecule has 3 N–H and O–H groups in total. The molecule has 0 spiro atoms. The fraction of sp³-hybridized carbons (Fsp3) is 0.300. The lowest BCUT2D eigenvalue weighted by molar-refractivity contribution is -0.117. The number of aromatic nitrogens is 1. The van der Waals surface area contributed by atoms with Crippen molar-refractivity contribution in [2.45, 2.75) is 32.2 Å². The standard InChI is InChI=1S/C30H31N7O3S/c1-2-37-29(40)26(41-30(37)25(18-32)28(39)33-14-13-31)19-34-23-9-6-10-24(17-23)35-27(38)20-36-15-11-22(12-16-36)21-7-4-3-5-8-21/h3-10,17,19,22,34H,2,11-12,14-16,20H2,1H3,(H,33,39)(H,35,38). The van der Waals surface area contributed by atoms with Crippen LogP contribution in [0.4, 0.5) is 11.4 Å². The lowest BCUT2D eigenvalue weighted by Crippen LogP contribution is -2.38. The number of carbonyl (C=O) groups is 2. The summed E-state index contributed by atoms with van der Waals surface area (Å²) in [6.45, 7) is 3.82. The number of likely N-dealkylation sites (tertiary alicyclic amines) is 1. The normalized spacial score (nSPS) is 15.0. The highest BCUT2D eigenvalue weighted by atomic mass is 32.1. The Labute approximate surface area is 241 Å². The van der Waals surface area contributed by atoms with E-state index in [1.807, 2.05) is 12.1 Å². The van der Waals surface area contributed by atoms with Crippen LogP contribution in [0, 0.1) is 22.7 Å². The monoisotopic (exact) mass is 569 g/mol. The van der Waals surface area contributed by atoms with Gasteiger partial charge in [0.2, 0.25) is 5.91 Å². The molecule has 11 heteroatoms. The molecule has 2 aromatic carbocycles. The minimum Gasteiger partial charge on any atom is -0.360 e. The van der Waals surface area contributed by atoms with E-state index in [1.165, 1.54) is 16.3 Å². The molecule has 1 fully saturated rings. The molecule has 10 nitrogen and oxygen atoms in total. The summed E-state index contributed by atoms with van der Waals surface area (Å²) < 4.78 is 1.87. The molecule has 0 aliphatic carbocycles. The molecule has 0 unspecified atom stereocenters. The number of nitriles is 2. The molecule has 41 heavy (non-hydrogen) atoms. The Morgan fingerprint density at radius 1 is 1.07 bits per heavy atom. The number of amides is 2. The number of rotatable bonds is 9. The summed E-state index contributed by atoms with van der Waals surface area (Å²) in [6.07, 6.45) is 3.56. The summed E-state index contributed by atoms with van der Waals surface area (Å²) >= 11 is 1.01. The molecule has 0 saturated carbocycles. The predicted octanol–water partition coefficient (Wildman–Crippen LogP) is 1.91. The Morgan fingerprint density at radius 2 is 1.80 bits per heavy atom. The Morgan fingerprint density at radius 3 is 2.49 bits per heavy atom. The number of piperidine rings is 1. The van der Waals surface area contributed by atoms with E-state index in [1.54, 1.807) is 37.3 Å². The van der Waals surface area contributed by atoms with Gasteiger partial charge in [0.25, 0.3) is 11.5 Å². The van der Waals surface area contributed by atoms with Gasteiger partial charge in [-0.3, -0.25) is 23.9 Å². The number of hydrogen-bond donors (Lipinski definition) is 3. The van der Waals surface area contributed by atoms with Crippen molar-refractivity contribution in [3.63, 3.8) is 0 Å². The third-order valence-corrected chi connectivity index (χ3v) is 7.98. The molecule has 1 aromatic heterocycles. The molecule has 2 heterocycles. The number of carbonyl (C=O) groups excluding carboxylic acids is 2. The highest BCUT2D eigenvalue weighted by Crippen LogP contribution is 2.27. The van der Waals surface area contributed by atoms with Gasteiger partial charge >= 0.3 is 0 Å². The number of nitrogens with one attached hydrogen (secondary N) is 3. The third-order valence-electron chi connectivity index (χ3n) is 6.85. The highest BCUT2D eigenvalue weighted by molar-refractivity contribution is 7.07. The van der Waals surface area contributed by atoms with E-state index in [9.17, 15) is 19.6 Å². The van der Waals surface area contributed by atoms with Gasteiger partial charge < -0.3 is 16.0 Å². The van der Waals surface area contributed by atoms with Gasteiger partial charge in [0, 0.05) is 24.1 Å². The van der Waals surface area contributed by atoms with Crippen LogP contribution < -0.4 is 30.7 Å². The minimum atomic E-state index is -0.707. The fourth-order valence-corrected chi connectivity index (χ4v) is 5.87. The first kappa shape index (κ1) is 29.3. The summed E-state index contributed by atoms with van der Waals surface area (Å²) in [4.78, 5) is 40.2. The van der Waals surface area contributed by atoms with Crippen molar-refractivity contribution in [2.75, 3.05) is 36.8 Å². The second-order valence-electron chi connectivity index (χ2n) is 9.53. The molecule has 1 saturated heterocycles. The maximum atomic E-state index is 12.9. The molecule has 1 aliphatic rings. The van der Waals surface area contributed by atoms with Crippen molar-refractivity contribution < 1.29 is 9.59 Å². The first-order valence-electron chi connectivity index (χ1n) is 13.4. The van der Waals surface area contributed by atoms with Crippen LogP contribution in [0.1, 0.15) is 31.2 Å². The van der Waals surface area contributed by atoms with Crippen LogP contribution in [0.2, 0.25) is 0 Å². The van der Waals surface area contributed by atoms with Crippen LogP contribution in [-0.2, 0) is 16.1 Å². The van der Waals surface area contributed by atoms with E-state index in [2.05, 4.69) is 45.1 Å². The lowest BCUT2D eigenvalue weighted by atomic mass is 9.89. The van der Waals surface area contributed by atoms with E-state index in [-0.39, 0.29) is 34.8 Å². The van der Waals surface area contributed by atoms with Gasteiger partial charge in [-0.05, 0) is 62.5 Å². The summed E-state index contributed by atoms with van der Waals surface area (Å²) in [5, 5.41) is 26.6. The van der Waals surface area contributed by atoms with E-state index in [0.29, 0.717) is 28.4 Å². The molecule has 1 aliphatic heterocycles. The maximum absolute atomic E-state index is 12.9. The summed E-state index contributed by atoms with van der Waals surface area (Å²) in [5.41, 5.74) is 2.06. The molecule has 0 bridgehead atoms. The predicted molar refractivity (Wildman–Crippen MR) is 159 cm³/mol. The third kappa shape index (κ3) is 7.48. The number of benzene rings is 2. The summed E-state index contributed by atoms with van der Waals surface area (Å²) in [7, 11) is 0. The lowest BCUT2D eigenvalue weighted by Gasteiger charge is -2.31. The van der Waals surface area contributed by atoms with Crippen LogP contribution in [-0.4, -0.2) is 47.5 Å². The van der Waals surface area contributed by atoms with Crippen molar-refractivity contribution in [3.05, 3.63) is 79.7 Å². The zero-order chi connectivity index (χ0) is 29.2. The highest BCUT2D eigenvalue weighted by Gasteiger charge is 2.22. The second kappa shape index (κ2) is 14.1. The molecule has 3 aromatic rings. The molecule has 0 atom stereocenters. The van der Waals surface area contributed by atoms with Gasteiger partial charge in [-0.15, -0.1) is 11.3 Å². The summed E-state index contributed by atoms with van der Waals surface area (Å²) in [5.74, 6) is -0.270. The molecule has 210 valence electrons. The Bertz CT molecular complexity index is 1660. The Kier molecular flexibility index (Phi) is 10.1. The molecule has 2 amide bonds. The van der Waals surface area contributed by atoms with E-state index < -0.39 is 5.91 Å². The van der Waals surface area contributed by atoms with Gasteiger partial charge in [-0.1, -0.05) is 36.4 Å². The first-order valence-corrected chi connectivity index (χ1v) is 14.2. The van der Waals surface area contributed by atoms with Gasteiger partial charge in [0.15, 0.2) is 5.57 Å². The van der Waals surface area contributed by atoms with Crippen molar-refractivity contribution in [1.29, 1.82) is 10.5 Å². The quantitative estimate of drug-likeness (QED) is 0.334. The molecular formula is C30H31N7O3S. The number of anilines is 2. The smallest absolute Gasteiger partial charge is 0.270 e. The van der Waals surface area contributed by atoms with E-state index in [4.69, 9.17) is 5.26 Å². The SMILES string of the molecule is CCn1c(=C(C#N)C(=O)NCC#N)sc(=CNc2cccc(NC(=O)CN3CCC(c4ccccc4)CC3)c2)c1=O. The fourth-order valence-electron chi connectivity index (χ4n) is 4.79. The van der Waals surface area contributed by atoms with Crippen LogP contribution in [0.15, 0.2) is 59.4 Å². The van der Waals surface area contributed by atoms with Crippen LogP contribution in [0.25, 0.3) is 11.8 Å². The summed E-state index contributed by atoms with van der Waals surface area (Å²) in [6, 6.07) is 21.3. The first-order chi connectivity index (χ1) is 19.9. The van der Waals surface area contributed by atoms with Gasteiger partial charge in [0.1, 0.15) is 21.8 Å². The molecular weight excluding hydrogens is 538 g/mol. The van der Waals surface area contributed by atoms with Crippen molar-refractivity contribution >= 4 is 46.3 Å².